The highest BCUT2D eigenvalue weighted by molar-refractivity contribution is 5.39. The molecule has 72 valence electrons. The molecule has 2 atom stereocenters. The third-order valence-electron chi connectivity index (χ3n) is 3.72. The van der Waals surface area contributed by atoms with Crippen LogP contribution in [0.3, 0.4) is 0 Å². The van der Waals surface area contributed by atoms with Crippen LogP contribution < -0.4 is 0 Å². The van der Waals surface area contributed by atoms with Crippen molar-refractivity contribution in [3.63, 3.8) is 0 Å². The van der Waals surface area contributed by atoms with Gasteiger partial charge >= 0.3 is 0 Å². The zero-order chi connectivity index (χ0) is 9.38. The predicted molar refractivity (Wildman–Crippen MR) is 59.9 cm³/mol. The van der Waals surface area contributed by atoms with Gasteiger partial charge in [0.25, 0.3) is 0 Å². The van der Waals surface area contributed by atoms with Gasteiger partial charge in [0.1, 0.15) is 0 Å². The number of fused-ring (bicyclic) bond motifs is 2. The van der Waals surface area contributed by atoms with Crippen LogP contribution in [0.15, 0.2) is 47.6 Å². The minimum Gasteiger partial charge on any atom is -0.0770 e. The van der Waals surface area contributed by atoms with Crippen molar-refractivity contribution < 1.29 is 0 Å². The van der Waals surface area contributed by atoms with Gasteiger partial charge in [0.05, 0.1) is 0 Å². The van der Waals surface area contributed by atoms with E-state index in [2.05, 4.69) is 36.5 Å². The Morgan fingerprint density at radius 3 is 3.14 bits per heavy atom. The zero-order valence-electron chi connectivity index (χ0n) is 8.45. The fourth-order valence-corrected chi connectivity index (χ4v) is 2.96. The van der Waals surface area contributed by atoms with Gasteiger partial charge in [0.15, 0.2) is 0 Å². The van der Waals surface area contributed by atoms with Gasteiger partial charge in [-0.3, -0.25) is 0 Å². The van der Waals surface area contributed by atoms with Crippen LogP contribution >= 0.6 is 0 Å². The van der Waals surface area contributed by atoms with E-state index in [1.165, 1.54) is 31.3 Å². The first kappa shape index (κ1) is 8.28. The first-order valence-electron chi connectivity index (χ1n) is 5.69. The number of hydrogen-bond acceptors (Lipinski definition) is 0. The summed E-state index contributed by atoms with van der Waals surface area (Å²) in [5, 5.41) is 0. The molecule has 3 rings (SSSR count). The van der Waals surface area contributed by atoms with E-state index in [4.69, 9.17) is 0 Å². The minimum atomic E-state index is 0.692. The molecule has 0 aliphatic heterocycles. The summed E-state index contributed by atoms with van der Waals surface area (Å²) in [4.78, 5) is 0. The summed E-state index contributed by atoms with van der Waals surface area (Å²) < 4.78 is 0. The molecule has 0 nitrogen and oxygen atoms in total. The van der Waals surface area contributed by atoms with Crippen LogP contribution in [0.5, 0.6) is 0 Å². The smallest absolute Gasteiger partial charge is 0.00267 e. The maximum absolute atomic E-state index is 2.46. The zero-order valence-corrected chi connectivity index (χ0v) is 8.45. The van der Waals surface area contributed by atoms with E-state index in [0.29, 0.717) is 5.92 Å². The van der Waals surface area contributed by atoms with E-state index in [9.17, 15) is 0 Å². The Morgan fingerprint density at radius 2 is 2.14 bits per heavy atom. The summed E-state index contributed by atoms with van der Waals surface area (Å²) in [6.45, 7) is 0. The average Bonchev–Trinajstić information content (AvgIpc) is 2.51. The maximum atomic E-state index is 2.46. The van der Waals surface area contributed by atoms with Crippen LogP contribution in [-0.2, 0) is 0 Å². The molecule has 0 bridgehead atoms. The fourth-order valence-electron chi connectivity index (χ4n) is 2.96. The van der Waals surface area contributed by atoms with Gasteiger partial charge in [0.2, 0.25) is 0 Å². The third kappa shape index (κ3) is 1.30. The molecular formula is C14H16. The van der Waals surface area contributed by atoms with Crippen LogP contribution in [0.1, 0.15) is 25.7 Å². The van der Waals surface area contributed by atoms with Crippen molar-refractivity contribution in [2.75, 3.05) is 0 Å². The quantitative estimate of drug-likeness (QED) is 0.537. The van der Waals surface area contributed by atoms with Gasteiger partial charge in [-0.1, -0.05) is 42.0 Å². The molecule has 0 aromatic heterocycles. The summed E-state index contributed by atoms with van der Waals surface area (Å²) in [5.41, 5.74) is 3.25. The van der Waals surface area contributed by atoms with Crippen molar-refractivity contribution in [3.8, 4) is 0 Å². The largest absolute Gasteiger partial charge is 0.0770 e. The highest BCUT2D eigenvalue weighted by atomic mass is 14.3. The van der Waals surface area contributed by atoms with Crippen molar-refractivity contribution in [2.24, 2.45) is 11.8 Å². The Labute approximate surface area is 85.7 Å². The van der Waals surface area contributed by atoms with E-state index >= 15 is 0 Å². The molecule has 0 amide bonds. The lowest BCUT2D eigenvalue weighted by Gasteiger charge is -2.25. The molecule has 14 heavy (non-hydrogen) atoms. The maximum Gasteiger partial charge on any atom is 0.00267 e. The Kier molecular flexibility index (Phi) is 1.93. The summed E-state index contributed by atoms with van der Waals surface area (Å²) in [7, 11) is 0. The SMILES string of the molecule is C1=CC=C2C=C3CCCC3CC2C=C1. The van der Waals surface area contributed by atoms with Crippen molar-refractivity contribution in [3.05, 3.63) is 47.6 Å². The highest BCUT2D eigenvalue weighted by Crippen LogP contribution is 2.43. The first-order valence-corrected chi connectivity index (χ1v) is 5.69. The third-order valence-corrected chi connectivity index (χ3v) is 3.72. The second kappa shape index (κ2) is 3.27. The lowest BCUT2D eigenvalue weighted by Crippen LogP contribution is -2.13. The van der Waals surface area contributed by atoms with Crippen LogP contribution in [-0.4, -0.2) is 0 Å². The van der Waals surface area contributed by atoms with Crippen molar-refractivity contribution in [1.29, 1.82) is 0 Å². The van der Waals surface area contributed by atoms with Crippen molar-refractivity contribution in [2.45, 2.75) is 25.7 Å². The molecule has 0 radical (unpaired) electrons. The molecule has 0 aromatic rings. The minimum absolute atomic E-state index is 0.692. The lowest BCUT2D eigenvalue weighted by atomic mass is 9.79. The van der Waals surface area contributed by atoms with Crippen LogP contribution in [0.2, 0.25) is 0 Å². The van der Waals surface area contributed by atoms with Crippen molar-refractivity contribution >= 4 is 0 Å². The highest BCUT2D eigenvalue weighted by Gasteiger charge is 2.28. The summed E-state index contributed by atoms with van der Waals surface area (Å²) >= 11 is 0. The molecule has 0 heteroatoms. The van der Waals surface area contributed by atoms with Crippen LogP contribution in [0.4, 0.5) is 0 Å². The van der Waals surface area contributed by atoms with E-state index < -0.39 is 0 Å². The second-order valence-electron chi connectivity index (χ2n) is 4.59. The van der Waals surface area contributed by atoms with Gasteiger partial charge in [-0.15, -0.1) is 0 Å². The van der Waals surface area contributed by atoms with E-state index in [-0.39, 0.29) is 0 Å². The first-order chi connectivity index (χ1) is 6.93. The van der Waals surface area contributed by atoms with Gasteiger partial charge in [-0.2, -0.15) is 0 Å². The molecule has 2 unspecified atom stereocenters. The Morgan fingerprint density at radius 1 is 1.14 bits per heavy atom. The Bertz CT molecular complexity index is 352. The van der Waals surface area contributed by atoms with E-state index in [1.807, 2.05) is 0 Å². The molecule has 0 N–H and O–H groups in total. The number of allylic oxidation sites excluding steroid dienone is 8. The molecule has 0 spiro atoms. The monoisotopic (exact) mass is 184 g/mol. The standard InChI is InChI=1S/C14H16/c1-2-5-11-9-13-7-4-8-14(13)10-12(11)6-3-1/h1-3,5-6,9,12,14H,4,7-8,10H2. The van der Waals surface area contributed by atoms with Crippen LogP contribution in [0, 0.1) is 11.8 Å². The summed E-state index contributed by atoms with van der Waals surface area (Å²) in [6.07, 6.45) is 19.2. The molecule has 3 aliphatic carbocycles. The summed E-state index contributed by atoms with van der Waals surface area (Å²) in [6, 6.07) is 0. The normalized spacial score (nSPS) is 34.3. The van der Waals surface area contributed by atoms with Gasteiger partial charge in [-0.05, 0) is 37.2 Å². The van der Waals surface area contributed by atoms with Crippen molar-refractivity contribution in [1.82, 2.24) is 0 Å². The van der Waals surface area contributed by atoms with Gasteiger partial charge in [0, 0.05) is 5.92 Å². The number of rotatable bonds is 0. The number of hydrogen-bond donors (Lipinski definition) is 0. The molecule has 3 aliphatic rings. The Hall–Kier alpha value is -1.04. The molecular weight excluding hydrogens is 168 g/mol. The van der Waals surface area contributed by atoms with E-state index in [0.717, 1.165) is 5.92 Å². The van der Waals surface area contributed by atoms with Gasteiger partial charge in [-0.25, -0.2) is 0 Å². The molecule has 0 aromatic carbocycles. The molecule has 0 heterocycles. The average molecular weight is 184 g/mol. The fraction of sp³-hybridized carbons (Fsp3) is 0.429. The van der Waals surface area contributed by atoms with Crippen LogP contribution in [0.25, 0.3) is 0 Å². The predicted octanol–water partition coefficient (Wildman–Crippen LogP) is 3.79. The lowest BCUT2D eigenvalue weighted by molar-refractivity contribution is 0.499. The Balaban J connectivity index is 1.99. The molecule has 1 fully saturated rings. The topological polar surface area (TPSA) is 0 Å². The second-order valence-corrected chi connectivity index (χ2v) is 4.59. The van der Waals surface area contributed by atoms with Gasteiger partial charge < -0.3 is 0 Å². The van der Waals surface area contributed by atoms with E-state index in [1.54, 1.807) is 5.57 Å². The molecule has 1 saturated carbocycles. The summed E-state index contributed by atoms with van der Waals surface area (Å²) in [5.74, 6) is 1.59. The molecule has 0 saturated heterocycles.